The summed E-state index contributed by atoms with van der Waals surface area (Å²) in [6.07, 6.45) is 0. The molecule has 0 bridgehead atoms. The number of rotatable bonds is 4. The predicted molar refractivity (Wildman–Crippen MR) is 81.6 cm³/mol. The largest absolute Gasteiger partial charge is 0.492 e. The molecule has 0 N–H and O–H groups in total. The van der Waals surface area contributed by atoms with E-state index in [-0.39, 0.29) is 11.1 Å². The van der Waals surface area contributed by atoms with Gasteiger partial charge < -0.3 is 9.30 Å². The zero-order valence-electron chi connectivity index (χ0n) is 12.5. The lowest BCUT2D eigenvalue weighted by Gasteiger charge is -2.12. The van der Waals surface area contributed by atoms with E-state index in [0.717, 1.165) is 17.0 Å². The first-order chi connectivity index (χ1) is 10.0. The molecular weight excluding hydrogens is 264 g/mol. The summed E-state index contributed by atoms with van der Waals surface area (Å²) in [7, 11) is 0. The molecule has 0 radical (unpaired) electrons. The van der Waals surface area contributed by atoms with E-state index in [4.69, 9.17) is 10.00 Å². The molecular formula is C17H18N2O2. The number of benzene rings is 1. The number of ether oxygens (including phenoxy) is 1. The first-order valence-corrected chi connectivity index (χ1v) is 6.83. The van der Waals surface area contributed by atoms with Gasteiger partial charge in [-0.15, -0.1) is 0 Å². The highest BCUT2D eigenvalue weighted by molar-refractivity contribution is 5.36. The average Bonchev–Trinajstić information content (AvgIpc) is 2.44. The number of aryl methyl sites for hydroxylation is 3. The molecule has 1 aromatic heterocycles. The van der Waals surface area contributed by atoms with Crippen molar-refractivity contribution < 1.29 is 4.74 Å². The van der Waals surface area contributed by atoms with Gasteiger partial charge in [-0.25, -0.2) is 0 Å². The number of nitrogens with zero attached hydrogens (tertiary/aromatic N) is 2. The van der Waals surface area contributed by atoms with Crippen molar-refractivity contribution in [2.75, 3.05) is 6.61 Å². The molecule has 108 valence electrons. The third kappa shape index (κ3) is 3.32. The Morgan fingerprint density at radius 2 is 1.86 bits per heavy atom. The molecule has 21 heavy (non-hydrogen) atoms. The summed E-state index contributed by atoms with van der Waals surface area (Å²) < 4.78 is 7.22. The van der Waals surface area contributed by atoms with E-state index in [2.05, 4.69) is 0 Å². The second-order valence-electron chi connectivity index (χ2n) is 5.07. The number of hydrogen-bond donors (Lipinski definition) is 0. The van der Waals surface area contributed by atoms with Crippen molar-refractivity contribution >= 4 is 0 Å². The van der Waals surface area contributed by atoms with Crippen LogP contribution in [-0.4, -0.2) is 11.2 Å². The van der Waals surface area contributed by atoms with Crippen LogP contribution in [-0.2, 0) is 6.54 Å². The minimum absolute atomic E-state index is 0.205. The predicted octanol–water partition coefficient (Wildman–Crippen LogP) is 2.72. The summed E-state index contributed by atoms with van der Waals surface area (Å²) in [6, 6.07) is 11.6. The van der Waals surface area contributed by atoms with Crippen LogP contribution in [0.3, 0.4) is 0 Å². The van der Waals surface area contributed by atoms with Crippen molar-refractivity contribution in [1.82, 2.24) is 4.57 Å². The molecule has 2 rings (SSSR count). The first-order valence-electron chi connectivity index (χ1n) is 6.83. The summed E-state index contributed by atoms with van der Waals surface area (Å²) in [5, 5.41) is 9.05. The molecule has 1 aromatic carbocycles. The molecule has 0 saturated carbocycles. The van der Waals surface area contributed by atoms with Crippen LogP contribution in [0.25, 0.3) is 0 Å². The fourth-order valence-corrected chi connectivity index (χ4v) is 2.23. The second-order valence-corrected chi connectivity index (χ2v) is 5.07. The molecule has 0 aliphatic rings. The molecule has 0 spiro atoms. The van der Waals surface area contributed by atoms with Gasteiger partial charge in [-0.3, -0.25) is 4.79 Å². The van der Waals surface area contributed by atoms with E-state index < -0.39 is 0 Å². The quantitative estimate of drug-likeness (QED) is 0.866. The van der Waals surface area contributed by atoms with Crippen LogP contribution >= 0.6 is 0 Å². The van der Waals surface area contributed by atoms with Gasteiger partial charge in [0, 0.05) is 5.69 Å². The maximum absolute atomic E-state index is 12.2. The van der Waals surface area contributed by atoms with Crippen LogP contribution in [0.1, 0.15) is 22.4 Å². The van der Waals surface area contributed by atoms with Crippen molar-refractivity contribution in [1.29, 1.82) is 5.26 Å². The standard InChI is InChI=1S/C17H18N2O2/c1-12-4-6-15(7-5-12)21-9-8-19-14(3)10-13(2)16(11-18)17(19)20/h4-7,10H,8-9H2,1-3H3. The molecule has 4 heteroatoms. The third-order valence-corrected chi connectivity index (χ3v) is 3.42. The van der Waals surface area contributed by atoms with Crippen molar-refractivity contribution in [2.45, 2.75) is 27.3 Å². The molecule has 0 saturated heterocycles. The van der Waals surface area contributed by atoms with Gasteiger partial charge in [-0.05, 0) is 44.5 Å². The Morgan fingerprint density at radius 3 is 2.48 bits per heavy atom. The molecule has 0 amide bonds. The van der Waals surface area contributed by atoms with E-state index in [1.165, 1.54) is 5.56 Å². The summed E-state index contributed by atoms with van der Waals surface area (Å²) in [4.78, 5) is 12.2. The molecule has 0 atom stereocenters. The number of nitriles is 1. The lowest BCUT2D eigenvalue weighted by atomic mass is 10.1. The Hall–Kier alpha value is -2.54. The van der Waals surface area contributed by atoms with Crippen LogP contribution in [0.5, 0.6) is 5.75 Å². The lowest BCUT2D eigenvalue weighted by Crippen LogP contribution is -2.28. The number of pyridine rings is 1. The van der Waals surface area contributed by atoms with Crippen LogP contribution in [0, 0.1) is 32.1 Å². The number of aromatic nitrogens is 1. The smallest absolute Gasteiger partial charge is 0.269 e. The van der Waals surface area contributed by atoms with Crippen LogP contribution in [0.2, 0.25) is 0 Å². The molecule has 1 heterocycles. The molecule has 0 unspecified atom stereocenters. The van der Waals surface area contributed by atoms with Gasteiger partial charge in [0.05, 0.1) is 6.54 Å². The van der Waals surface area contributed by atoms with Gasteiger partial charge in [0.2, 0.25) is 0 Å². The topological polar surface area (TPSA) is 55.0 Å². The van der Waals surface area contributed by atoms with E-state index in [9.17, 15) is 4.79 Å². The van der Waals surface area contributed by atoms with Crippen LogP contribution < -0.4 is 10.3 Å². The van der Waals surface area contributed by atoms with Crippen LogP contribution in [0.15, 0.2) is 35.1 Å². The van der Waals surface area contributed by atoms with Gasteiger partial charge in [0.15, 0.2) is 0 Å². The van der Waals surface area contributed by atoms with Gasteiger partial charge >= 0.3 is 0 Å². The normalized spacial score (nSPS) is 10.2. The maximum Gasteiger partial charge on any atom is 0.269 e. The molecule has 0 aliphatic carbocycles. The minimum Gasteiger partial charge on any atom is -0.492 e. The monoisotopic (exact) mass is 282 g/mol. The van der Waals surface area contributed by atoms with E-state index in [1.54, 1.807) is 11.5 Å². The van der Waals surface area contributed by atoms with Gasteiger partial charge in [0.25, 0.3) is 5.56 Å². The van der Waals surface area contributed by atoms with Gasteiger partial charge in [-0.2, -0.15) is 5.26 Å². The molecule has 4 nitrogen and oxygen atoms in total. The summed E-state index contributed by atoms with van der Waals surface area (Å²) in [5.41, 5.74) is 2.68. The fourth-order valence-electron chi connectivity index (χ4n) is 2.23. The summed E-state index contributed by atoms with van der Waals surface area (Å²) in [6.45, 7) is 6.47. The molecule has 2 aromatic rings. The number of hydrogen-bond acceptors (Lipinski definition) is 3. The van der Waals surface area contributed by atoms with Crippen molar-refractivity contribution in [3.63, 3.8) is 0 Å². The Labute approximate surface area is 124 Å². The Balaban J connectivity index is 2.12. The van der Waals surface area contributed by atoms with E-state index >= 15 is 0 Å². The fraction of sp³-hybridized carbons (Fsp3) is 0.294. The van der Waals surface area contributed by atoms with Gasteiger partial charge in [-0.1, -0.05) is 17.7 Å². The van der Waals surface area contributed by atoms with E-state index in [0.29, 0.717) is 13.2 Å². The zero-order chi connectivity index (χ0) is 15.4. The van der Waals surface area contributed by atoms with Crippen molar-refractivity contribution in [2.24, 2.45) is 0 Å². The zero-order valence-corrected chi connectivity index (χ0v) is 12.5. The van der Waals surface area contributed by atoms with Crippen molar-refractivity contribution in [3.05, 3.63) is 63.1 Å². The van der Waals surface area contributed by atoms with Crippen molar-refractivity contribution in [3.8, 4) is 11.8 Å². The highest BCUT2D eigenvalue weighted by Gasteiger charge is 2.09. The highest BCUT2D eigenvalue weighted by Crippen LogP contribution is 2.11. The lowest BCUT2D eigenvalue weighted by molar-refractivity contribution is 0.295. The molecule has 0 fully saturated rings. The SMILES string of the molecule is Cc1ccc(OCCn2c(C)cc(C)c(C#N)c2=O)cc1. The Kier molecular flexibility index (Phi) is 4.44. The summed E-state index contributed by atoms with van der Waals surface area (Å²) >= 11 is 0. The Bertz CT molecular complexity index is 737. The minimum atomic E-state index is -0.248. The van der Waals surface area contributed by atoms with E-state index in [1.807, 2.05) is 50.2 Å². The second kappa shape index (κ2) is 6.27. The third-order valence-electron chi connectivity index (χ3n) is 3.42. The summed E-state index contributed by atoms with van der Waals surface area (Å²) in [5.74, 6) is 0.777. The molecule has 0 aliphatic heterocycles. The van der Waals surface area contributed by atoms with Gasteiger partial charge in [0.1, 0.15) is 24.0 Å². The first kappa shape index (κ1) is 14.9. The Morgan fingerprint density at radius 1 is 1.19 bits per heavy atom. The highest BCUT2D eigenvalue weighted by atomic mass is 16.5. The van der Waals surface area contributed by atoms with Crippen LogP contribution in [0.4, 0.5) is 0 Å². The average molecular weight is 282 g/mol. The maximum atomic E-state index is 12.2.